The van der Waals surface area contributed by atoms with Gasteiger partial charge < -0.3 is 35.6 Å². The van der Waals surface area contributed by atoms with Gasteiger partial charge in [0.15, 0.2) is 0 Å². The summed E-state index contributed by atoms with van der Waals surface area (Å²) in [4.78, 5) is 64.0. The maximum Gasteiger partial charge on any atom is 0.407 e. The minimum atomic E-state index is -0.991. The zero-order valence-corrected chi connectivity index (χ0v) is 34.0. The molecule has 0 saturated carbocycles. The lowest BCUT2D eigenvalue weighted by atomic mass is 9.95. The van der Waals surface area contributed by atoms with Crippen molar-refractivity contribution in [3.8, 4) is 0 Å². The maximum absolute atomic E-state index is 14.1. The van der Waals surface area contributed by atoms with Gasteiger partial charge in [-0.15, -0.1) is 22.7 Å². The van der Waals surface area contributed by atoms with Gasteiger partial charge in [-0.1, -0.05) is 74.5 Å². The molecule has 55 heavy (non-hydrogen) atoms. The number of carbonyl (C=O) groups excluding carboxylic acids is 4. The van der Waals surface area contributed by atoms with Crippen LogP contribution in [0.1, 0.15) is 92.5 Å². The smallest absolute Gasteiger partial charge is 0.407 e. The number of thiazole rings is 2. The Labute approximate surface area is 331 Å². The summed E-state index contributed by atoms with van der Waals surface area (Å²) in [5.41, 5.74) is 3.65. The van der Waals surface area contributed by atoms with E-state index in [4.69, 9.17) is 9.47 Å². The highest BCUT2D eigenvalue weighted by Gasteiger charge is 2.27. The number of nitrogens with one attached hydrogen (secondary N) is 4. The molecule has 2 heterocycles. The third kappa shape index (κ3) is 15.3. The van der Waals surface area contributed by atoms with Crippen LogP contribution < -0.4 is 21.3 Å². The van der Waals surface area contributed by atoms with Crippen molar-refractivity contribution >= 4 is 46.8 Å². The molecule has 2 aromatic carbocycles. The summed E-state index contributed by atoms with van der Waals surface area (Å²) in [5, 5.41) is 14.7. The van der Waals surface area contributed by atoms with Crippen LogP contribution in [0.2, 0.25) is 0 Å². The molecule has 0 bridgehead atoms. The van der Waals surface area contributed by atoms with Gasteiger partial charge in [-0.25, -0.2) is 19.4 Å². The first-order valence-electron chi connectivity index (χ1n) is 18.4. The lowest BCUT2D eigenvalue weighted by Crippen LogP contribution is -2.53. The van der Waals surface area contributed by atoms with Crippen molar-refractivity contribution in [1.82, 2.24) is 36.1 Å². The average molecular weight is 792 g/mol. The minimum Gasteiger partial charge on any atom is -0.444 e. The van der Waals surface area contributed by atoms with Crippen molar-refractivity contribution in [2.75, 3.05) is 13.6 Å². The molecule has 0 aliphatic rings. The molecule has 15 heteroatoms. The first-order chi connectivity index (χ1) is 26.3. The van der Waals surface area contributed by atoms with Gasteiger partial charge in [0, 0.05) is 37.1 Å². The molecule has 0 spiro atoms. The predicted molar refractivity (Wildman–Crippen MR) is 215 cm³/mol. The Morgan fingerprint density at radius 2 is 1.58 bits per heavy atom. The van der Waals surface area contributed by atoms with Gasteiger partial charge in [0.05, 0.1) is 33.7 Å². The fourth-order valence-corrected chi connectivity index (χ4v) is 6.90. The Morgan fingerprint density at radius 1 is 0.873 bits per heavy atom. The van der Waals surface area contributed by atoms with Crippen LogP contribution in [-0.2, 0) is 33.8 Å². The molecule has 2 aromatic heterocycles. The van der Waals surface area contributed by atoms with Crippen LogP contribution in [-0.4, -0.2) is 70.3 Å². The predicted octanol–water partition coefficient (Wildman–Crippen LogP) is 7.32. The van der Waals surface area contributed by atoms with Crippen molar-refractivity contribution in [1.29, 1.82) is 0 Å². The molecule has 0 fully saturated rings. The summed E-state index contributed by atoms with van der Waals surface area (Å²) in [6, 6.07) is 17.2. The summed E-state index contributed by atoms with van der Waals surface area (Å²) >= 11 is 2.95. The number of benzene rings is 2. The van der Waals surface area contributed by atoms with Crippen molar-refractivity contribution in [2.24, 2.45) is 0 Å². The van der Waals surface area contributed by atoms with Crippen LogP contribution in [0.4, 0.5) is 14.4 Å². The van der Waals surface area contributed by atoms with Gasteiger partial charge in [0.2, 0.25) is 5.91 Å². The van der Waals surface area contributed by atoms with E-state index in [9.17, 15) is 19.2 Å². The molecule has 0 aliphatic carbocycles. The van der Waals surface area contributed by atoms with E-state index in [1.54, 1.807) is 50.9 Å². The minimum absolute atomic E-state index is 0.0772. The largest absolute Gasteiger partial charge is 0.444 e. The number of hydrogen-bond donors (Lipinski definition) is 4. The van der Waals surface area contributed by atoms with E-state index in [0.717, 1.165) is 26.7 Å². The van der Waals surface area contributed by atoms with Gasteiger partial charge in [-0.3, -0.25) is 9.78 Å². The van der Waals surface area contributed by atoms with Gasteiger partial charge in [-0.05, 0) is 57.6 Å². The molecule has 4 N–H and O–H groups in total. The topological polar surface area (TPSA) is 164 Å². The zero-order chi connectivity index (χ0) is 39.8. The molecule has 13 nitrogen and oxygen atoms in total. The number of nitrogens with zero attached hydrogens (tertiary/aromatic N) is 3. The van der Waals surface area contributed by atoms with Crippen molar-refractivity contribution in [2.45, 2.75) is 103 Å². The molecule has 0 unspecified atom stereocenters. The first-order valence-corrected chi connectivity index (χ1v) is 20.1. The van der Waals surface area contributed by atoms with Gasteiger partial charge in [0.25, 0.3) is 0 Å². The molecular weight excluding hydrogens is 739 g/mol. The van der Waals surface area contributed by atoms with E-state index >= 15 is 0 Å². The van der Waals surface area contributed by atoms with Crippen molar-refractivity contribution in [3.63, 3.8) is 0 Å². The van der Waals surface area contributed by atoms with E-state index in [2.05, 4.69) is 45.1 Å². The third-order valence-electron chi connectivity index (χ3n) is 8.32. The number of carbonyl (C=O) groups is 4. The standard InChI is InChI=1S/C40H53N7O6S2/c1-27(2)36-44-31(25-54-36)23-47(6)37(49)45-34(19-20-42-38(50)53-40(3,4)5)35(48)43-30(21-28-13-9-7-10-14-28)17-18-33(29-15-11-8-12-16-29)46-39(51)52-24-32-22-41-26-55-32/h7-16,22,25-27,30,33-34H,17-21,23-24H2,1-6H3,(H,42,50)(H,43,48)(H,45,49)(H,46,51)/t30-,33-,34-/m0/s1. The average Bonchev–Trinajstić information content (AvgIpc) is 3.85. The molecule has 0 radical (unpaired) electrons. The van der Waals surface area contributed by atoms with Gasteiger partial charge in [-0.2, -0.15) is 0 Å². The number of hydrogen-bond acceptors (Lipinski definition) is 10. The SMILES string of the molecule is CC(C)c1nc(CN(C)C(=O)N[C@@H](CCNC(=O)OC(C)(C)C)C(=O)N[C@@H](CC[C@H](NC(=O)OCc2cncs2)c2ccccc2)Cc2ccccc2)cs1. The molecule has 0 aliphatic heterocycles. The highest BCUT2D eigenvalue weighted by atomic mass is 32.1. The second-order valence-corrected chi connectivity index (χ2v) is 16.4. The summed E-state index contributed by atoms with van der Waals surface area (Å²) in [6.07, 6.45) is 2.05. The Balaban J connectivity index is 1.49. The lowest BCUT2D eigenvalue weighted by Gasteiger charge is -2.27. The van der Waals surface area contributed by atoms with Crippen molar-refractivity contribution in [3.05, 3.63) is 104 Å². The number of alkyl carbamates (subject to hydrolysis) is 2. The second-order valence-electron chi connectivity index (χ2n) is 14.5. The van der Waals surface area contributed by atoms with Crippen LogP contribution >= 0.6 is 22.7 Å². The van der Waals surface area contributed by atoms with Crippen LogP contribution in [0.3, 0.4) is 0 Å². The summed E-state index contributed by atoms with van der Waals surface area (Å²) < 4.78 is 10.9. The van der Waals surface area contributed by atoms with Crippen LogP contribution in [0.5, 0.6) is 0 Å². The summed E-state index contributed by atoms with van der Waals surface area (Å²) in [5.74, 6) is -0.133. The van der Waals surface area contributed by atoms with Gasteiger partial charge >= 0.3 is 18.2 Å². The lowest BCUT2D eigenvalue weighted by molar-refractivity contribution is -0.123. The normalized spacial score (nSPS) is 12.9. The zero-order valence-electron chi connectivity index (χ0n) is 32.4. The van der Waals surface area contributed by atoms with Crippen LogP contribution in [0, 0.1) is 0 Å². The second kappa shape index (κ2) is 21.2. The molecular formula is C40H53N7O6S2. The van der Waals surface area contributed by atoms with E-state index in [-0.39, 0.29) is 38.1 Å². The van der Waals surface area contributed by atoms with Crippen LogP contribution in [0.25, 0.3) is 0 Å². The third-order valence-corrected chi connectivity index (χ3v) is 10.3. The number of urea groups is 1. The number of ether oxygens (including phenoxy) is 2. The number of aromatic nitrogens is 2. The van der Waals surface area contributed by atoms with Crippen LogP contribution in [0.15, 0.2) is 77.8 Å². The summed E-state index contributed by atoms with van der Waals surface area (Å²) in [7, 11) is 1.65. The Hall–Kier alpha value is -5.02. The molecule has 3 atom stereocenters. The summed E-state index contributed by atoms with van der Waals surface area (Å²) in [6.45, 7) is 9.88. The Kier molecular flexibility index (Phi) is 16.4. The molecule has 296 valence electrons. The van der Waals surface area contributed by atoms with E-state index < -0.39 is 41.8 Å². The fraction of sp³-hybridized carbons (Fsp3) is 0.450. The van der Waals surface area contributed by atoms with E-state index in [1.165, 1.54) is 16.2 Å². The fourth-order valence-electron chi connectivity index (χ4n) is 5.57. The molecule has 0 saturated heterocycles. The van der Waals surface area contributed by atoms with Gasteiger partial charge in [0.1, 0.15) is 18.2 Å². The molecule has 5 amide bonds. The Morgan fingerprint density at radius 3 is 2.22 bits per heavy atom. The molecule has 4 aromatic rings. The quantitative estimate of drug-likeness (QED) is 0.0815. The maximum atomic E-state index is 14.1. The monoisotopic (exact) mass is 791 g/mol. The van der Waals surface area contributed by atoms with E-state index in [0.29, 0.717) is 19.3 Å². The van der Waals surface area contributed by atoms with E-state index in [1.807, 2.05) is 66.0 Å². The number of amides is 5. The Bertz CT molecular complexity index is 1780. The molecule has 4 rings (SSSR count). The first kappa shape index (κ1) is 42.7. The number of rotatable bonds is 18. The highest BCUT2D eigenvalue weighted by molar-refractivity contribution is 7.09. The highest BCUT2D eigenvalue weighted by Crippen LogP contribution is 2.22. The van der Waals surface area contributed by atoms with Crippen molar-refractivity contribution < 1.29 is 28.7 Å².